The lowest BCUT2D eigenvalue weighted by Gasteiger charge is -2.14. The van der Waals surface area contributed by atoms with Crippen LogP contribution in [-0.4, -0.2) is 50.6 Å². The fourth-order valence-electron chi connectivity index (χ4n) is 3.92. The number of hydrogen-bond acceptors (Lipinski definition) is 6. The minimum Gasteiger partial charge on any atom is -0.478 e. The predicted octanol–water partition coefficient (Wildman–Crippen LogP) is 4.47. The van der Waals surface area contributed by atoms with Gasteiger partial charge in [-0.05, 0) is 36.4 Å². The number of carboxylic acid groups (broad SMARTS) is 3. The summed E-state index contributed by atoms with van der Waals surface area (Å²) in [5, 5.41) is 27.5. The Morgan fingerprint density at radius 1 is 0.359 bits per heavy atom. The van der Waals surface area contributed by atoms with Crippen LogP contribution in [0, 0.1) is 0 Å². The Morgan fingerprint density at radius 2 is 0.615 bits per heavy atom. The Labute approximate surface area is 220 Å². The van der Waals surface area contributed by atoms with E-state index in [-0.39, 0.29) is 50.1 Å². The number of hydrogen-bond donors (Lipinski definition) is 3. The van der Waals surface area contributed by atoms with Crippen LogP contribution in [0.4, 0.5) is 0 Å². The topological polar surface area (TPSA) is 163 Å². The first kappa shape index (κ1) is 26.4. The van der Waals surface area contributed by atoms with Crippen LogP contribution in [0.3, 0.4) is 0 Å². The molecule has 0 saturated heterocycles. The normalized spacial score (nSPS) is 10.5. The zero-order valence-corrected chi connectivity index (χ0v) is 20.0. The van der Waals surface area contributed by atoms with Crippen molar-refractivity contribution in [2.75, 3.05) is 0 Å². The third kappa shape index (κ3) is 5.37. The molecule has 9 heteroatoms. The van der Waals surface area contributed by atoms with Gasteiger partial charge in [0.05, 0.1) is 16.7 Å². The second-order valence-corrected chi connectivity index (χ2v) is 8.36. The van der Waals surface area contributed by atoms with Crippen molar-refractivity contribution in [1.29, 1.82) is 0 Å². The molecule has 0 spiro atoms. The molecule has 0 amide bonds. The van der Waals surface area contributed by atoms with Crippen molar-refractivity contribution in [3.8, 4) is 0 Å². The molecule has 4 aromatic carbocycles. The van der Waals surface area contributed by atoms with E-state index in [9.17, 15) is 33.9 Å². The zero-order valence-electron chi connectivity index (χ0n) is 20.0. The molecule has 0 saturated carbocycles. The van der Waals surface area contributed by atoms with Gasteiger partial charge in [0.2, 0.25) is 0 Å². The minimum absolute atomic E-state index is 0.0248. The van der Waals surface area contributed by atoms with Crippen LogP contribution in [-0.2, 0) is 0 Å². The summed E-state index contributed by atoms with van der Waals surface area (Å²) in [6, 6.07) is 19.2. The van der Waals surface area contributed by atoms with E-state index < -0.39 is 35.3 Å². The van der Waals surface area contributed by atoms with Gasteiger partial charge in [0.1, 0.15) is 0 Å². The highest BCUT2D eigenvalue weighted by Crippen LogP contribution is 2.25. The van der Waals surface area contributed by atoms with Crippen LogP contribution >= 0.6 is 0 Å². The molecular weight excluding hydrogens is 504 g/mol. The number of carbonyl (C=O) groups excluding carboxylic acids is 3. The van der Waals surface area contributed by atoms with Gasteiger partial charge in [-0.15, -0.1) is 0 Å². The van der Waals surface area contributed by atoms with Crippen molar-refractivity contribution < 1.29 is 44.1 Å². The average Bonchev–Trinajstić information content (AvgIpc) is 2.95. The molecule has 4 rings (SSSR count). The first-order chi connectivity index (χ1) is 18.6. The molecule has 0 aromatic heterocycles. The van der Waals surface area contributed by atoms with Crippen LogP contribution in [0.5, 0.6) is 0 Å². The molecule has 0 fully saturated rings. The Morgan fingerprint density at radius 3 is 0.897 bits per heavy atom. The summed E-state index contributed by atoms with van der Waals surface area (Å²) >= 11 is 0. The molecule has 0 aliphatic rings. The van der Waals surface area contributed by atoms with Gasteiger partial charge >= 0.3 is 17.9 Å². The van der Waals surface area contributed by atoms with Gasteiger partial charge in [-0.25, -0.2) is 14.4 Å². The molecular formula is C30H18O9. The molecule has 0 aliphatic carbocycles. The van der Waals surface area contributed by atoms with Crippen molar-refractivity contribution in [1.82, 2.24) is 0 Å². The number of rotatable bonds is 9. The number of benzene rings is 4. The van der Waals surface area contributed by atoms with Crippen LogP contribution in [0.15, 0.2) is 91.0 Å². The molecule has 0 radical (unpaired) electrons. The minimum atomic E-state index is -1.20. The van der Waals surface area contributed by atoms with E-state index >= 15 is 0 Å². The maximum atomic E-state index is 13.7. The van der Waals surface area contributed by atoms with Crippen molar-refractivity contribution >= 4 is 35.3 Å². The molecule has 192 valence electrons. The largest absolute Gasteiger partial charge is 0.478 e. The third-order valence-electron chi connectivity index (χ3n) is 5.96. The van der Waals surface area contributed by atoms with Gasteiger partial charge in [-0.2, -0.15) is 0 Å². The van der Waals surface area contributed by atoms with Gasteiger partial charge < -0.3 is 15.3 Å². The summed E-state index contributed by atoms with van der Waals surface area (Å²) in [5.41, 5.74) is -0.473. The predicted molar refractivity (Wildman–Crippen MR) is 137 cm³/mol. The van der Waals surface area contributed by atoms with E-state index in [1.807, 2.05) is 0 Å². The van der Waals surface area contributed by atoms with E-state index in [1.165, 1.54) is 91.0 Å². The molecule has 4 aromatic rings. The van der Waals surface area contributed by atoms with Crippen LogP contribution < -0.4 is 0 Å². The number of carbonyl (C=O) groups is 6. The van der Waals surface area contributed by atoms with E-state index in [0.717, 1.165) is 0 Å². The summed E-state index contributed by atoms with van der Waals surface area (Å²) in [6.07, 6.45) is 0. The lowest BCUT2D eigenvalue weighted by molar-refractivity contribution is 0.0686. The monoisotopic (exact) mass is 522 g/mol. The van der Waals surface area contributed by atoms with Gasteiger partial charge in [-0.1, -0.05) is 54.6 Å². The van der Waals surface area contributed by atoms with Gasteiger partial charge in [0.15, 0.2) is 17.3 Å². The van der Waals surface area contributed by atoms with Gasteiger partial charge in [0, 0.05) is 33.4 Å². The van der Waals surface area contributed by atoms with Crippen molar-refractivity contribution in [3.63, 3.8) is 0 Å². The Bertz CT molecular complexity index is 1560. The van der Waals surface area contributed by atoms with Crippen molar-refractivity contribution in [2.24, 2.45) is 0 Å². The molecule has 0 heterocycles. The van der Waals surface area contributed by atoms with Crippen LogP contribution in [0.1, 0.15) is 78.8 Å². The second-order valence-electron chi connectivity index (χ2n) is 8.36. The van der Waals surface area contributed by atoms with E-state index in [4.69, 9.17) is 10.2 Å². The third-order valence-corrected chi connectivity index (χ3v) is 5.96. The van der Waals surface area contributed by atoms with E-state index in [0.29, 0.717) is 0 Å². The number of aromatic carboxylic acids is 3. The van der Waals surface area contributed by atoms with Gasteiger partial charge in [0.25, 0.3) is 0 Å². The first-order valence-corrected chi connectivity index (χ1v) is 11.4. The first-order valence-electron chi connectivity index (χ1n) is 11.4. The smallest absolute Gasteiger partial charge is 0.335 e. The maximum absolute atomic E-state index is 13.7. The standard InChI is InChI=1S/C30H18O9/c31-25(16-4-10-19(11-5-16)28(34)35)22-2-1-3-23(26(32)17-6-12-20(13-7-17)29(36)37)24(22)27(33)18-8-14-21(15-9-18)30(38)39/h1-15H,(H,34,35)(H,36,37)(H,38,39). The quantitative estimate of drug-likeness (QED) is 0.269. The number of ketones is 3. The summed E-state index contributed by atoms with van der Waals surface area (Å²) < 4.78 is 0. The van der Waals surface area contributed by atoms with E-state index in [1.54, 1.807) is 0 Å². The average molecular weight is 522 g/mol. The Balaban J connectivity index is 1.86. The fraction of sp³-hybridized carbons (Fsp3) is 0. The highest BCUT2D eigenvalue weighted by molar-refractivity contribution is 6.25. The molecule has 0 aliphatic heterocycles. The molecule has 3 N–H and O–H groups in total. The second kappa shape index (κ2) is 10.7. The van der Waals surface area contributed by atoms with E-state index in [2.05, 4.69) is 0 Å². The molecule has 0 bridgehead atoms. The molecule has 9 nitrogen and oxygen atoms in total. The van der Waals surface area contributed by atoms with Crippen LogP contribution in [0.25, 0.3) is 0 Å². The van der Waals surface area contributed by atoms with Crippen molar-refractivity contribution in [3.05, 3.63) is 141 Å². The van der Waals surface area contributed by atoms with Crippen molar-refractivity contribution in [2.45, 2.75) is 0 Å². The molecule has 0 atom stereocenters. The van der Waals surface area contributed by atoms with Gasteiger partial charge in [-0.3, -0.25) is 14.4 Å². The lowest BCUT2D eigenvalue weighted by Crippen LogP contribution is -2.17. The van der Waals surface area contributed by atoms with Crippen LogP contribution in [0.2, 0.25) is 0 Å². The molecule has 39 heavy (non-hydrogen) atoms. The fourth-order valence-corrected chi connectivity index (χ4v) is 3.92. The summed E-state index contributed by atoms with van der Waals surface area (Å²) in [7, 11) is 0. The zero-order chi connectivity index (χ0) is 28.3. The molecule has 0 unspecified atom stereocenters. The Hall–Kier alpha value is -5.70. The highest BCUT2D eigenvalue weighted by Gasteiger charge is 2.27. The highest BCUT2D eigenvalue weighted by atomic mass is 16.4. The lowest BCUT2D eigenvalue weighted by atomic mass is 9.86. The number of carboxylic acids is 3. The summed E-state index contributed by atoms with van der Waals surface area (Å²) in [6.45, 7) is 0. The summed E-state index contributed by atoms with van der Waals surface area (Å²) in [4.78, 5) is 74.4. The maximum Gasteiger partial charge on any atom is 0.335 e. The SMILES string of the molecule is O=C(O)c1ccc(C(=O)c2cccc(C(=O)c3ccc(C(=O)O)cc3)c2C(=O)c2ccc(C(=O)O)cc2)cc1. The summed E-state index contributed by atoms with van der Waals surface area (Å²) in [5.74, 6) is -5.58. The Kier molecular flexibility index (Phi) is 7.26.